The Hall–Kier alpha value is -1.88. The Morgan fingerprint density at radius 1 is 1.32 bits per heavy atom. The van der Waals surface area contributed by atoms with Gasteiger partial charge in [-0.2, -0.15) is 0 Å². The summed E-state index contributed by atoms with van der Waals surface area (Å²) in [6, 6.07) is 3.69. The largest absolute Gasteiger partial charge is 0.468 e. The highest BCUT2D eigenvalue weighted by Gasteiger charge is 2.18. The van der Waals surface area contributed by atoms with Crippen molar-refractivity contribution in [3.8, 4) is 0 Å². The van der Waals surface area contributed by atoms with E-state index in [2.05, 4.69) is 15.3 Å². The summed E-state index contributed by atoms with van der Waals surface area (Å²) >= 11 is 0. The van der Waals surface area contributed by atoms with E-state index in [1.807, 2.05) is 32.9 Å². The summed E-state index contributed by atoms with van der Waals surface area (Å²) in [4.78, 5) is 19.1. The Morgan fingerprint density at radius 2 is 2.05 bits per heavy atom. The molecule has 0 bridgehead atoms. The number of hydrogen-bond acceptors (Lipinski definition) is 4. The number of furan rings is 1. The number of nitrogens with one attached hydrogen (secondary N) is 2. The first-order valence-corrected chi connectivity index (χ1v) is 6.36. The quantitative estimate of drug-likeness (QED) is 0.886. The van der Waals surface area contributed by atoms with Crippen LogP contribution in [-0.2, 0) is 0 Å². The average molecular weight is 261 g/mol. The van der Waals surface area contributed by atoms with Crippen molar-refractivity contribution in [1.82, 2.24) is 15.3 Å². The number of hydrogen-bond donors (Lipinski definition) is 2. The van der Waals surface area contributed by atoms with Gasteiger partial charge in [0.15, 0.2) is 0 Å². The molecule has 2 N–H and O–H groups in total. The molecular formula is C14H19N3O2. The van der Waals surface area contributed by atoms with Crippen LogP contribution in [0, 0.1) is 13.8 Å². The van der Waals surface area contributed by atoms with Crippen molar-refractivity contribution in [3.63, 3.8) is 0 Å². The molecule has 0 spiro atoms. The molecule has 0 amide bonds. The number of rotatable bonds is 4. The molecule has 0 aliphatic rings. The Labute approximate surface area is 112 Å². The van der Waals surface area contributed by atoms with Crippen LogP contribution in [0.4, 0.5) is 0 Å². The molecule has 0 aliphatic carbocycles. The summed E-state index contributed by atoms with van der Waals surface area (Å²) in [5.41, 5.74) is 1.34. The highest BCUT2D eigenvalue weighted by molar-refractivity contribution is 5.20. The van der Waals surface area contributed by atoms with Gasteiger partial charge in [0.05, 0.1) is 17.9 Å². The number of aromatic amines is 1. The topological polar surface area (TPSA) is 70.9 Å². The van der Waals surface area contributed by atoms with Crippen molar-refractivity contribution in [2.45, 2.75) is 39.8 Å². The Balaban J connectivity index is 2.21. The maximum Gasteiger partial charge on any atom is 0.255 e. The number of H-pyrrole nitrogens is 1. The second kappa shape index (κ2) is 5.40. The van der Waals surface area contributed by atoms with E-state index in [4.69, 9.17) is 4.42 Å². The second-order valence-corrected chi connectivity index (χ2v) is 4.78. The van der Waals surface area contributed by atoms with Crippen molar-refractivity contribution in [3.05, 3.63) is 51.6 Å². The zero-order chi connectivity index (χ0) is 14.0. The molecule has 0 saturated carbocycles. The highest BCUT2D eigenvalue weighted by atomic mass is 16.3. The number of aromatic nitrogens is 2. The van der Waals surface area contributed by atoms with Gasteiger partial charge < -0.3 is 14.7 Å². The maximum atomic E-state index is 12.0. The van der Waals surface area contributed by atoms with E-state index in [0.29, 0.717) is 11.4 Å². The molecule has 2 aromatic heterocycles. The monoisotopic (exact) mass is 261 g/mol. The van der Waals surface area contributed by atoms with E-state index in [1.165, 1.54) is 0 Å². The van der Waals surface area contributed by atoms with Crippen molar-refractivity contribution in [1.29, 1.82) is 0 Å². The molecule has 5 nitrogen and oxygen atoms in total. The molecule has 0 fully saturated rings. The lowest BCUT2D eigenvalue weighted by Crippen LogP contribution is -2.29. The molecule has 102 valence electrons. The normalized spacial score (nSPS) is 14.3. The van der Waals surface area contributed by atoms with Gasteiger partial charge >= 0.3 is 0 Å². The van der Waals surface area contributed by atoms with Crippen LogP contribution >= 0.6 is 0 Å². The SMILES string of the molecule is Cc1nc(C)c(C(C)NC(C)c2ccco2)c(=O)[nH]1. The third-order valence-corrected chi connectivity index (χ3v) is 3.17. The van der Waals surface area contributed by atoms with Crippen molar-refractivity contribution < 1.29 is 4.42 Å². The minimum absolute atomic E-state index is 0.0325. The maximum absolute atomic E-state index is 12.0. The van der Waals surface area contributed by atoms with Crippen LogP contribution in [0.1, 0.15) is 48.8 Å². The lowest BCUT2D eigenvalue weighted by Gasteiger charge is -2.19. The Bertz CT molecular complexity index is 602. The van der Waals surface area contributed by atoms with Crippen molar-refractivity contribution in [2.24, 2.45) is 0 Å². The first kappa shape index (κ1) is 13.5. The van der Waals surface area contributed by atoms with Crippen molar-refractivity contribution in [2.75, 3.05) is 0 Å². The molecule has 0 aliphatic heterocycles. The van der Waals surface area contributed by atoms with Crippen LogP contribution in [0.25, 0.3) is 0 Å². The van der Waals surface area contributed by atoms with Gasteiger partial charge in [0.2, 0.25) is 0 Å². The van der Waals surface area contributed by atoms with Gasteiger partial charge in [-0.15, -0.1) is 0 Å². The Morgan fingerprint density at radius 3 is 2.63 bits per heavy atom. The summed E-state index contributed by atoms with van der Waals surface area (Å²) in [5, 5.41) is 3.35. The summed E-state index contributed by atoms with van der Waals surface area (Å²) in [6.45, 7) is 7.59. The third-order valence-electron chi connectivity index (χ3n) is 3.17. The van der Waals surface area contributed by atoms with E-state index < -0.39 is 0 Å². The van der Waals surface area contributed by atoms with Crippen LogP contribution in [0.15, 0.2) is 27.6 Å². The summed E-state index contributed by atoms with van der Waals surface area (Å²) in [5.74, 6) is 1.48. The molecule has 0 radical (unpaired) electrons. The first-order valence-electron chi connectivity index (χ1n) is 6.36. The zero-order valence-electron chi connectivity index (χ0n) is 11.7. The summed E-state index contributed by atoms with van der Waals surface area (Å²) in [7, 11) is 0. The van der Waals surface area contributed by atoms with Crippen LogP contribution in [-0.4, -0.2) is 9.97 Å². The predicted molar refractivity (Wildman–Crippen MR) is 73.0 cm³/mol. The third kappa shape index (κ3) is 2.93. The fraction of sp³-hybridized carbons (Fsp3) is 0.429. The fourth-order valence-corrected chi connectivity index (χ4v) is 2.32. The lowest BCUT2D eigenvalue weighted by atomic mass is 10.1. The molecule has 2 unspecified atom stereocenters. The van der Waals surface area contributed by atoms with Crippen LogP contribution in [0.2, 0.25) is 0 Å². The molecular weight excluding hydrogens is 242 g/mol. The van der Waals surface area contributed by atoms with E-state index in [1.54, 1.807) is 13.2 Å². The van der Waals surface area contributed by atoms with Gasteiger partial charge in [-0.05, 0) is 39.8 Å². The van der Waals surface area contributed by atoms with Gasteiger partial charge in [0, 0.05) is 11.7 Å². The molecule has 2 aromatic rings. The molecule has 0 saturated heterocycles. The van der Waals surface area contributed by atoms with Gasteiger partial charge in [0.1, 0.15) is 11.6 Å². The minimum Gasteiger partial charge on any atom is -0.468 e. The van der Waals surface area contributed by atoms with E-state index in [0.717, 1.165) is 11.5 Å². The lowest BCUT2D eigenvalue weighted by molar-refractivity contribution is 0.400. The van der Waals surface area contributed by atoms with Gasteiger partial charge in [0.25, 0.3) is 5.56 Å². The predicted octanol–water partition coefficient (Wildman–Crippen LogP) is 2.39. The second-order valence-electron chi connectivity index (χ2n) is 4.78. The van der Waals surface area contributed by atoms with E-state index in [-0.39, 0.29) is 17.6 Å². The van der Waals surface area contributed by atoms with Gasteiger partial charge in [-0.1, -0.05) is 0 Å². The van der Waals surface area contributed by atoms with Crippen LogP contribution < -0.4 is 10.9 Å². The summed E-state index contributed by atoms with van der Waals surface area (Å²) in [6.07, 6.45) is 1.64. The molecule has 2 rings (SSSR count). The summed E-state index contributed by atoms with van der Waals surface area (Å²) < 4.78 is 5.35. The first-order chi connectivity index (χ1) is 8.99. The molecule has 2 atom stereocenters. The standard InChI is InChI=1S/C14H19N3O2/c1-8(12-6-5-7-19-12)15-9(2)13-10(3)16-11(4)17-14(13)18/h5-9,15H,1-4H3,(H,16,17,18). The number of aryl methyl sites for hydroxylation is 2. The average Bonchev–Trinajstić information content (AvgIpc) is 2.80. The van der Waals surface area contributed by atoms with Crippen LogP contribution in [0.3, 0.4) is 0 Å². The minimum atomic E-state index is -0.100. The number of nitrogens with zero attached hydrogens (tertiary/aromatic N) is 1. The molecule has 2 heterocycles. The van der Waals surface area contributed by atoms with Gasteiger partial charge in [-0.25, -0.2) is 4.98 Å². The highest BCUT2D eigenvalue weighted by Crippen LogP contribution is 2.18. The fourth-order valence-electron chi connectivity index (χ4n) is 2.32. The molecule has 19 heavy (non-hydrogen) atoms. The molecule has 0 aromatic carbocycles. The van der Waals surface area contributed by atoms with Gasteiger partial charge in [-0.3, -0.25) is 4.79 Å². The van der Waals surface area contributed by atoms with E-state index >= 15 is 0 Å². The van der Waals surface area contributed by atoms with Crippen LogP contribution in [0.5, 0.6) is 0 Å². The van der Waals surface area contributed by atoms with Crippen molar-refractivity contribution >= 4 is 0 Å². The van der Waals surface area contributed by atoms with E-state index in [9.17, 15) is 4.79 Å². The Kier molecular flexibility index (Phi) is 3.85. The smallest absolute Gasteiger partial charge is 0.255 e. The molecule has 5 heteroatoms. The zero-order valence-corrected chi connectivity index (χ0v) is 11.7.